The van der Waals surface area contributed by atoms with Crippen molar-refractivity contribution in [1.82, 2.24) is 9.80 Å². The van der Waals surface area contributed by atoms with Crippen molar-refractivity contribution in [2.24, 2.45) is 5.92 Å². The van der Waals surface area contributed by atoms with Gasteiger partial charge in [-0.25, -0.2) is 0 Å². The SMILES string of the molecule is CC(=O)N1CCN(c2ccccc2OCC2=C[N+](Cc3cc(C)c(OC(=O)C(C)C)c(C)c3)(CC3CCCO3)C(c3ccc(Cl)cc3Cl)N2CC2CCCO2)CC1. The van der Waals surface area contributed by atoms with Crippen molar-refractivity contribution >= 4 is 40.8 Å². The Morgan fingerprint density at radius 3 is 2.23 bits per heavy atom. The normalized spacial score (nSPS) is 23.7. The van der Waals surface area contributed by atoms with Crippen molar-refractivity contribution in [3.05, 3.63) is 98.8 Å². The molecular weight excluding hydrogens is 763 g/mol. The second-order valence-electron chi connectivity index (χ2n) is 16.4. The number of hydrogen-bond donors (Lipinski definition) is 0. The van der Waals surface area contributed by atoms with Crippen molar-refractivity contribution < 1.29 is 33.0 Å². The van der Waals surface area contributed by atoms with Crippen LogP contribution >= 0.6 is 23.2 Å². The van der Waals surface area contributed by atoms with E-state index in [0.717, 1.165) is 91.4 Å². The first-order valence-electron chi connectivity index (χ1n) is 20.5. The Hall–Kier alpha value is -3.80. The number of anilines is 1. The molecular formula is C45H57Cl2N4O6+. The van der Waals surface area contributed by atoms with Crippen molar-refractivity contribution in [3.63, 3.8) is 0 Å². The van der Waals surface area contributed by atoms with Gasteiger partial charge in [0.1, 0.15) is 49.2 Å². The highest BCUT2D eigenvalue weighted by Gasteiger charge is 2.51. The van der Waals surface area contributed by atoms with Crippen molar-refractivity contribution in [2.75, 3.05) is 64.0 Å². The molecule has 7 rings (SSSR count). The molecule has 3 fully saturated rings. The Kier molecular flexibility index (Phi) is 13.1. The van der Waals surface area contributed by atoms with Crippen LogP contribution in [0.25, 0.3) is 0 Å². The van der Waals surface area contributed by atoms with E-state index in [2.05, 4.69) is 40.3 Å². The summed E-state index contributed by atoms with van der Waals surface area (Å²) in [6.45, 7) is 16.0. The largest absolute Gasteiger partial charge is 0.485 e. The Bertz CT molecular complexity index is 1930. The van der Waals surface area contributed by atoms with Crippen LogP contribution in [0.1, 0.15) is 74.9 Å². The molecule has 0 aromatic heterocycles. The summed E-state index contributed by atoms with van der Waals surface area (Å²) >= 11 is 13.8. The van der Waals surface area contributed by atoms with Crippen LogP contribution in [0, 0.1) is 19.8 Å². The van der Waals surface area contributed by atoms with E-state index in [1.165, 1.54) is 0 Å². The standard InChI is InChI=1S/C45H57Cl2N4O6/c1-30(2)45(53)57-43-31(3)22-34(23-32(43)4)26-51(28-38-11-9-21-55-38)27-36(29-56-42-13-7-6-12-41(42)49-18-16-48(17-19-49)33(5)52)50(25-37-10-8-20-54-37)44(51)39-15-14-35(46)24-40(39)47/h6-7,12-15,22-24,27,30,37-38,44H,8-11,16-21,25-26,28-29H2,1-5H3/q+1. The fourth-order valence-electron chi connectivity index (χ4n) is 9.00. The molecule has 0 radical (unpaired) electrons. The van der Waals surface area contributed by atoms with E-state index in [1.54, 1.807) is 6.92 Å². The Morgan fingerprint density at radius 1 is 0.912 bits per heavy atom. The van der Waals surface area contributed by atoms with Crippen LogP contribution in [0.3, 0.4) is 0 Å². The number of piperazine rings is 1. The number of para-hydroxylation sites is 2. The van der Waals surface area contributed by atoms with E-state index in [0.29, 0.717) is 59.6 Å². The monoisotopic (exact) mass is 819 g/mol. The number of hydrogen-bond acceptors (Lipinski definition) is 8. The third-order valence-corrected chi connectivity index (χ3v) is 12.3. The molecule has 0 spiro atoms. The summed E-state index contributed by atoms with van der Waals surface area (Å²) in [5.74, 6) is 1.05. The summed E-state index contributed by atoms with van der Waals surface area (Å²) in [6.07, 6.45) is 6.22. The van der Waals surface area contributed by atoms with Crippen LogP contribution in [-0.4, -0.2) is 97.5 Å². The third-order valence-electron chi connectivity index (χ3n) is 11.8. The zero-order chi connectivity index (χ0) is 40.3. The fourth-order valence-corrected chi connectivity index (χ4v) is 9.50. The summed E-state index contributed by atoms with van der Waals surface area (Å²) in [7, 11) is 0. The smallest absolute Gasteiger partial charge is 0.313 e. The van der Waals surface area contributed by atoms with Gasteiger partial charge in [-0.3, -0.25) is 14.1 Å². The maximum atomic E-state index is 12.7. The van der Waals surface area contributed by atoms with Gasteiger partial charge in [0.25, 0.3) is 0 Å². The van der Waals surface area contributed by atoms with Crippen LogP contribution < -0.4 is 14.4 Å². The van der Waals surface area contributed by atoms with Crippen molar-refractivity contribution in [2.45, 2.75) is 85.2 Å². The van der Waals surface area contributed by atoms with E-state index in [9.17, 15) is 9.59 Å². The number of esters is 1. The summed E-state index contributed by atoms with van der Waals surface area (Å²) < 4.78 is 26.0. The first kappa shape index (κ1) is 41.4. The van der Waals surface area contributed by atoms with Gasteiger partial charge in [-0.15, -0.1) is 0 Å². The summed E-state index contributed by atoms with van der Waals surface area (Å²) in [6, 6.07) is 18.3. The number of quaternary nitrogens is 1. The van der Waals surface area contributed by atoms with Gasteiger partial charge >= 0.3 is 5.97 Å². The molecule has 3 saturated heterocycles. The lowest BCUT2D eigenvalue weighted by Crippen LogP contribution is -2.52. The number of nitrogens with zero attached hydrogens (tertiary/aromatic N) is 4. The first-order chi connectivity index (χ1) is 27.4. The molecule has 57 heavy (non-hydrogen) atoms. The average Bonchev–Trinajstić information content (AvgIpc) is 3.95. The molecule has 0 bridgehead atoms. The van der Waals surface area contributed by atoms with Gasteiger partial charge in [0.2, 0.25) is 5.91 Å². The van der Waals surface area contributed by atoms with Crippen LogP contribution in [0.2, 0.25) is 10.0 Å². The quantitative estimate of drug-likeness (QED) is 0.0967. The van der Waals surface area contributed by atoms with Crippen molar-refractivity contribution in [3.8, 4) is 11.5 Å². The molecule has 3 aromatic rings. The molecule has 0 N–H and O–H groups in total. The maximum absolute atomic E-state index is 12.7. The van der Waals surface area contributed by atoms with Gasteiger partial charge in [0, 0.05) is 56.9 Å². The molecule has 12 heteroatoms. The van der Waals surface area contributed by atoms with E-state index < -0.39 is 0 Å². The fraction of sp³-hybridized carbons (Fsp3) is 0.511. The molecule has 4 unspecified atom stereocenters. The van der Waals surface area contributed by atoms with Gasteiger partial charge in [-0.2, -0.15) is 0 Å². The third kappa shape index (κ3) is 9.42. The molecule has 10 nitrogen and oxygen atoms in total. The Morgan fingerprint density at radius 2 is 1.60 bits per heavy atom. The lowest BCUT2D eigenvalue weighted by molar-refractivity contribution is -0.929. The van der Waals surface area contributed by atoms with E-state index in [-0.39, 0.29) is 36.2 Å². The van der Waals surface area contributed by atoms with Crippen molar-refractivity contribution in [1.29, 1.82) is 0 Å². The molecule has 4 heterocycles. The van der Waals surface area contributed by atoms with Crippen LogP contribution in [0.5, 0.6) is 11.5 Å². The van der Waals surface area contributed by atoms with E-state index in [4.69, 9.17) is 42.1 Å². The lowest BCUT2D eigenvalue weighted by Gasteiger charge is -2.43. The summed E-state index contributed by atoms with van der Waals surface area (Å²) in [5.41, 5.74) is 5.99. The predicted octanol–water partition coefficient (Wildman–Crippen LogP) is 8.45. The first-order valence-corrected chi connectivity index (χ1v) is 21.2. The van der Waals surface area contributed by atoms with Crippen LogP contribution in [0.15, 0.2) is 66.5 Å². The highest BCUT2D eigenvalue weighted by atomic mass is 35.5. The number of ether oxygens (including phenoxy) is 4. The molecule has 4 atom stereocenters. The zero-order valence-electron chi connectivity index (χ0n) is 34.0. The molecule has 4 aliphatic rings. The Balaban J connectivity index is 1.30. The van der Waals surface area contributed by atoms with Gasteiger partial charge in [-0.1, -0.05) is 49.2 Å². The van der Waals surface area contributed by atoms with E-state index in [1.807, 2.05) is 62.9 Å². The number of carbonyl (C=O) groups excluding carboxylic acids is 2. The summed E-state index contributed by atoms with van der Waals surface area (Å²) in [5, 5.41) is 1.19. The number of rotatable bonds is 13. The Labute approximate surface area is 347 Å². The number of benzene rings is 3. The van der Waals surface area contributed by atoms with Crippen LogP contribution in [0.4, 0.5) is 5.69 Å². The number of amides is 1. The maximum Gasteiger partial charge on any atom is 0.313 e. The summed E-state index contributed by atoms with van der Waals surface area (Å²) in [4.78, 5) is 31.5. The van der Waals surface area contributed by atoms with E-state index >= 15 is 0 Å². The average molecular weight is 821 g/mol. The molecule has 0 saturated carbocycles. The predicted molar refractivity (Wildman–Crippen MR) is 224 cm³/mol. The second-order valence-corrected chi connectivity index (χ2v) is 17.3. The highest BCUT2D eigenvalue weighted by molar-refractivity contribution is 6.35. The molecule has 306 valence electrons. The minimum absolute atomic E-state index is 0.0440. The minimum Gasteiger partial charge on any atom is -0.485 e. The topological polar surface area (TPSA) is 80.8 Å². The van der Waals surface area contributed by atoms with Crippen LogP contribution in [-0.2, 0) is 25.6 Å². The second kappa shape index (κ2) is 18.0. The van der Waals surface area contributed by atoms with Gasteiger partial charge in [0.05, 0.1) is 34.8 Å². The number of carbonyl (C=O) groups is 2. The number of aryl methyl sites for hydroxylation is 2. The lowest BCUT2D eigenvalue weighted by atomic mass is 10.0. The van der Waals surface area contributed by atoms with Gasteiger partial charge in [0.15, 0.2) is 6.17 Å². The molecule has 1 amide bonds. The highest BCUT2D eigenvalue weighted by Crippen LogP contribution is 2.48. The van der Waals surface area contributed by atoms with Gasteiger partial charge in [-0.05, 0) is 93.1 Å². The van der Waals surface area contributed by atoms with Gasteiger partial charge < -0.3 is 33.6 Å². The number of halogens is 2. The molecule has 0 aliphatic carbocycles. The zero-order valence-corrected chi connectivity index (χ0v) is 35.5. The molecule has 4 aliphatic heterocycles. The minimum atomic E-state index is -0.245. The molecule has 3 aromatic carbocycles.